The Morgan fingerprint density at radius 1 is 1.27 bits per heavy atom. The van der Waals surface area contributed by atoms with E-state index in [2.05, 4.69) is 10.6 Å². The van der Waals surface area contributed by atoms with Crippen LogP contribution in [0.15, 0.2) is 41.8 Å². The minimum absolute atomic E-state index is 0.292. The molecular weight excluding hydrogens is 320 g/mol. The number of anilines is 2. The molecule has 1 heterocycles. The Morgan fingerprint density at radius 3 is 2.86 bits per heavy atom. The highest BCUT2D eigenvalue weighted by molar-refractivity contribution is 7.84. The maximum absolute atomic E-state index is 11.9. The fraction of sp³-hybridized carbons (Fsp3) is 0.267. The van der Waals surface area contributed by atoms with Gasteiger partial charge in [0.25, 0.3) is 0 Å². The number of thiophene rings is 1. The number of rotatable bonds is 7. The maximum Gasteiger partial charge on any atom is 0.324 e. The fourth-order valence-corrected chi connectivity index (χ4v) is 3.46. The molecule has 0 bridgehead atoms. The van der Waals surface area contributed by atoms with Gasteiger partial charge in [-0.15, -0.1) is 11.3 Å². The molecule has 0 aliphatic rings. The first-order valence-electron chi connectivity index (χ1n) is 6.72. The van der Waals surface area contributed by atoms with Crippen LogP contribution in [0.1, 0.15) is 5.56 Å². The van der Waals surface area contributed by atoms with Crippen LogP contribution < -0.4 is 10.6 Å². The summed E-state index contributed by atoms with van der Waals surface area (Å²) in [6, 6.07) is 10.8. The average molecular weight is 338 g/mol. The molecule has 1 aromatic carbocycles. The quantitative estimate of drug-likeness (QED) is 0.814. The molecule has 0 radical (unpaired) electrons. The number of benzene rings is 1. The molecule has 0 aliphatic carbocycles. The van der Waals surface area contributed by atoms with E-state index >= 15 is 0 Å². The highest BCUT2D eigenvalue weighted by Gasteiger charge is 2.06. The van der Waals surface area contributed by atoms with E-state index in [9.17, 15) is 9.00 Å². The van der Waals surface area contributed by atoms with Crippen LogP contribution in [0.4, 0.5) is 15.5 Å². The minimum atomic E-state index is -0.970. The molecule has 1 atom stereocenters. The average Bonchev–Trinajstić information content (AvgIpc) is 2.98. The number of hydrogen-bond acceptors (Lipinski definition) is 4. The van der Waals surface area contributed by atoms with Gasteiger partial charge in [0.15, 0.2) is 0 Å². The lowest BCUT2D eigenvalue weighted by Crippen LogP contribution is -2.18. The van der Waals surface area contributed by atoms with Crippen molar-refractivity contribution in [2.75, 3.05) is 30.1 Å². The van der Waals surface area contributed by atoms with Gasteiger partial charge in [-0.25, -0.2) is 4.79 Å². The number of methoxy groups -OCH3 is 1. The first kappa shape index (κ1) is 16.7. The SMILES string of the molecule is COCCS(=O)Cc1cccc(NC(=O)Nc2cccs2)c1. The Kier molecular flexibility index (Phi) is 6.57. The zero-order chi connectivity index (χ0) is 15.8. The molecule has 1 unspecified atom stereocenters. The number of nitrogens with one attached hydrogen (secondary N) is 2. The van der Waals surface area contributed by atoms with Gasteiger partial charge in [-0.05, 0) is 35.2 Å². The second kappa shape index (κ2) is 8.67. The summed E-state index contributed by atoms with van der Waals surface area (Å²) >= 11 is 1.46. The van der Waals surface area contributed by atoms with Crippen molar-refractivity contribution < 1.29 is 13.7 Å². The fourth-order valence-electron chi connectivity index (χ4n) is 1.80. The van der Waals surface area contributed by atoms with Gasteiger partial charge in [0.2, 0.25) is 0 Å². The van der Waals surface area contributed by atoms with Crippen molar-refractivity contribution >= 4 is 38.9 Å². The van der Waals surface area contributed by atoms with E-state index in [4.69, 9.17) is 4.74 Å². The van der Waals surface area contributed by atoms with E-state index in [0.717, 1.165) is 10.6 Å². The molecule has 22 heavy (non-hydrogen) atoms. The van der Waals surface area contributed by atoms with Crippen LogP contribution in [0.2, 0.25) is 0 Å². The van der Waals surface area contributed by atoms with Crippen molar-refractivity contribution in [3.63, 3.8) is 0 Å². The van der Waals surface area contributed by atoms with Crippen LogP contribution in [-0.2, 0) is 21.3 Å². The zero-order valence-corrected chi connectivity index (χ0v) is 13.8. The summed E-state index contributed by atoms with van der Waals surface area (Å²) in [5.41, 5.74) is 1.60. The third kappa shape index (κ3) is 5.59. The van der Waals surface area contributed by atoms with Crippen molar-refractivity contribution in [3.05, 3.63) is 47.3 Å². The molecule has 5 nitrogen and oxygen atoms in total. The topological polar surface area (TPSA) is 67.4 Å². The Balaban J connectivity index is 1.90. The second-order valence-corrected chi connectivity index (χ2v) is 7.06. The molecule has 0 saturated heterocycles. The van der Waals surface area contributed by atoms with E-state index in [1.807, 2.05) is 35.7 Å². The van der Waals surface area contributed by atoms with Gasteiger partial charge < -0.3 is 10.1 Å². The number of urea groups is 1. The molecule has 2 N–H and O–H groups in total. The first-order chi connectivity index (χ1) is 10.7. The van der Waals surface area contributed by atoms with Gasteiger partial charge in [0.1, 0.15) is 0 Å². The third-order valence-corrected chi connectivity index (χ3v) is 4.85. The number of hydrogen-bond donors (Lipinski definition) is 2. The van der Waals surface area contributed by atoms with Crippen molar-refractivity contribution in [2.24, 2.45) is 0 Å². The molecule has 2 amide bonds. The molecule has 7 heteroatoms. The van der Waals surface area contributed by atoms with Crippen LogP contribution in [-0.4, -0.2) is 29.7 Å². The lowest BCUT2D eigenvalue weighted by Gasteiger charge is -2.08. The molecule has 0 saturated carbocycles. The Labute approximate surface area is 136 Å². The van der Waals surface area contributed by atoms with Gasteiger partial charge in [0, 0.05) is 35.1 Å². The Hall–Kier alpha value is -1.70. The zero-order valence-electron chi connectivity index (χ0n) is 12.2. The molecular formula is C15H18N2O3S2. The number of ether oxygens (including phenoxy) is 1. The molecule has 118 valence electrons. The van der Waals surface area contributed by atoms with E-state index < -0.39 is 10.8 Å². The molecule has 2 rings (SSSR count). The molecule has 1 aromatic heterocycles. The van der Waals surface area contributed by atoms with E-state index in [1.54, 1.807) is 13.2 Å². The number of carbonyl (C=O) groups is 1. The Bertz CT molecular complexity index is 629. The van der Waals surface area contributed by atoms with E-state index in [1.165, 1.54) is 11.3 Å². The van der Waals surface area contributed by atoms with Crippen LogP contribution in [0, 0.1) is 0 Å². The molecule has 0 spiro atoms. The van der Waals surface area contributed by atoms with Crippen molar-refractivity contribution in [1.29, 1.82) is 0 Å². The predicted molar refractivity (Wildman–Crippen MR) is 92.0 cm³/mol. The van der Waals surface area contributed by atoms with Gasteiger partial charge in [-0.2, -0.15) is 0 Å². The standard InChI is InChI=1S/C15H18N2O3S2/c1-20-7-9-22(19)11-12-4-2-5-13(10-12)16-15(18)17-14-6-3-8-21-14/h2-6,8,10H,7,9,11H2,1H3,(H2,16,17,18). The highest BCUT2D eigenvalue weighted by atomic mass is 32.2. The number of carbonyl (C=O) groups excluding carboxylic acids is 1. The Morgan fingerprint density at radius 2 is 2.14 bits per heavy atom. The lowest BCUT2D eigenvalue weighted by atomic mass is 10.2. The largest absolute Gasteiger partial charge is 0.384 e. The molecule has 0 fully saturated rings. The summed E-state index contributed by atoms with van der Waals surface area (Å²) in [5.74, 6) is 0.957. The summed E-state index contributed by atoms with van der Waals surface area (Å²) in [5, 5.41) is 8.20. The maximum atomic E-state index is 11.9. The summed E-state index contributed by atoms with van der Waals surface area (Å²) in [6.45, 7) is 0.480. The van der Waals surface area contributed by atoms with Gasteiger partial charge >= 0.3 is 6.03 Å². The minimum Gasteiger partial charge on any atom is -0.384 e. The van der Waals surface area contributed by atoms with Crippen molar-refractivity contribution in [1.82, 2.24) is 0 Å². The summed E-state index contributed by atoms with van der Waals surface area (Å²) in [7, 11) is 0.622. The van der Waals surface area contributed by atoms with Gasteiger partial charge in [-0.1, -0.05) is 12.1 Å². The summed E-state index contributed by atoms with van der Waals surface area (Å²) in [6.07, 6.45) is 0. The van der Waals surface area contributed by atoms with Crippen LogP contribution in [0.5, 0.6) is 0 Å². The smallest absolute Gasteiger partial charge is 0.324 e. The first-order valence-corrected chi connectivity index (χ1v) is 9.08. The van der Waals surface area contributed by atoms with E-state index in [-0.39, 0.29) is 6.03 Å². The van der Waals surface area contributed by atoms with Gasteiger partial charge in [-0.3, -0.25) is 9.53 Å². The summed E-state index contributed by atoms with van der Waals surface area (Å²) < 4.78 is 16.8. The van der Waals surface area contributed by atoms with Gasteiger partial charge in [0.05, 0.1) is 11.6 Å². The van der Waals surface area contributed by atoms with Crippen LogP contribution in [0.3, 0.4) is 0 Å². The van der Waals surface area contributed by atoms with Crippen LogP contribution in [0.25, 0.3) is 0 Å². The monoisotopic (exact) mass is 338 g/mol. The molecule has 2 aromatic rings. The van der Waals surface area contributed by atoms with Crippen molar-refractivity contribution in [2.45, 2.75) is 5.75 Å². The number of amides is 2. The molecule has 0 aliphatic heterocycles. The normalized spacial score (nSPS) is 11.9. The summed E-state index contributed by atoms with van der Waals surface area (Å²) in [4.78, 5) is 11.9. The second-order valence-electron chi connectivity index (χ2n) is 4.54. The highest BCUT2D eigenvalue weighted by Crippen LogP contribution is 2.16. The predicted octanol–water partition coefficient (Wildman–Crippen LogP) is 3.29. The lowest BCUT2D eigenvalue weighted by molar-refractivity contribution is 0.218. The third-order valence-electron chi connectivity index (χ3n) is 2.79. The van der Waals surface area contributed by atoms with Crippen molar-refractivity contribution in [3.8, 4) is 0 Å². The van der Waals surface area contributed by atoms with Crippen LogP contribution >= 0.6 is 11.3 Å². The van der Waals surface area contributed by atoms with E-state index in [0.29, 0.717) is 23.8 Å².